The molecule has 1 saturated carbocycles. The van der Waals surface area contributed by atoms with Crippen LogP contribution in [0.4, 0.5) is 0 Å². The van der Waals surface area contributed by atoms with Gasteiger partial charge in [0.1, 0.15) is 11.6 Å². The molecule has 0 radical (unpaired) electrons. The molecule has 5 heteroatoms. The second-order valence-electron chi connectivity index (χ2n) is 5.36. The van der Waals surface area contributed by atoms with E-state index in [-0.39, 0.29) is 6.04 Å². The second-order valence-corrected chi connectivity index (χ2v) is 6.47. The van der Waals surface area contributed by atoms with E-state index in [9.17, 15) is 0 Å². The van der Waals surface area contributed by atoms with Crippen molar-refractivity contribution in [2.75, 3.05) is 7.11 Å². The molecule has 1 atom stereocenters. The normalized spacial score (nSPS) is 15.8. The van der Waals surface area contributed by atoms with Gasteiger partial charge in [-0.1, -0.05) is 12.1 Å². The lowest BCUT2D eigenvalue weighted by molar-refractivity contribution is 0.284. The van der Waals surface area contributed by atoms with E-state index in [1.165, 1.54) is 23.4 Å². The topological polar surface area (TPSA) is 57.4 Å². The minimum Gasteiger partial charge on any atom is -0.493 e. The molecule has 1 fully saturated rings. The summed E-state index contributed by atoms with van der Waals surface area (Å²) in [6.45, 7) is 2.47. The Balaban J connectivity index is 1.74. The van der Waals surface area contributed by atoms with Crippen LogP contribution in [0.2, 0.25) is 0 Å². The Kier molecular flexibility index (Phi) is 4.12. The van der Waals surface area contributed by atoms with Gasteiger partial charge in [0.05, 0.1) is 12.8 Å². The van der Waals surface area contributed by atoms with Crippen LogP contribution >= 0.6 is 11.3 Å². The van der Waals surface area contributed by atoms with Gasteiger partial charge in [0.25, 0.3) is 0 Å². The molecule has 112 valence electrons. The van der Waals surface area contributed by atoms with Crippen LogP contribution in [0.25, 0.3) is 0 Å². The standard InChI is InChI=1S/C16H20N2O2S/c1-10(17)16-15(11-7-8-11)18-14(21-16)9-20-13-6-4-3-5-12(13)19-2/h3-6,10-11H,7-9,17H2,1-2H3. The highest BCUT2D eigenvalue weighted by molar-refractivity contribution is 7.11. The first kappa shape index (κ1) is 14.4. The molecule has 1 unspecified atom stereocenters. The number of rotatable bonds is 6. The highest BCUT2D eigenvalue weighted by atomic mass is 32.1. The number of hydrogen-bond acceptors (Lipinski definition) is 5. The monoisotopic (exact) mass is 304 g/mol. The van der Waals surface area contributed by atoms with Gasteiger partial charge in [0.2, 0.25) is 0 Å². The quantitative estimate of drug-likeness (QED) is 0.885. The highest BCUT2D eigenvalue weighted by Gasteiger charge is 2.30. The maximum atomic E-state index is 6.06. The van der Waals surface area contributed by atoms with Gasteiger partial charge in [-0.15, -0.1) is 11.3 Å². The van der Waals surface area contributed by atoms with E-state index in [0.717, 1.165) is 16.5 Å². The molecule has 0 amide bonds. The maximum absolute atomic E-state index is 6.06. The van der Waals surface area contributed by atoms with Crippen molar-refractivity contribution >= 4 is 11.3 Å². The Hall–Kier alpha value is -1.59. The molecule has 21 heavy (non-hydrogen) atoms. The number of nitrogens with two attached hydrogens (primary N) is 1. The third-order valence-corrected chi connectivity index (χ3v) is 4.77. The lowest BCUT2D eigenvalue weighted by Gasteiger charge is -2.08. The van der Waals surface area contributed by atoms with E-state index >= 15 is 0 Å². The summed E-state index contributed by atoms with van der Waals surface area (Å²) >= 11 is 1.67. The number of ether oxygens (including phenoxy) is 2. The molecular formula is C16H20N2O2S. The fourth-order valence-electron chi connectivity index (χ4n) is 2.31. The molecule has 1 aliphatic carbocycles. The van der Waals surface area contributed by atoms with Crippen LogP contribution in [0.5, 0.6) is 11.5 Å². The lowest BCUT2D eigenvalue weighted by atomic mass is 10.2. The second kappa shape index (κ2) is 6.03. The fraction of sp³-hybridized carbons (Fsp3) is 0.438. The highest BCUT2D eigenvalue weighted by Crippen LogP contribution is 2.44. The average molecular weight is 304 g/mol. The summed E-state index contributed by atoms with van der Waals surface area (Å²) in [5, 5.41) is 0.982. The lowest BCUT2D eigenvalue weighted by Crippen LogP contribution is -2.05. The average Bonchev–Trinajstić information content (AvgIpc) is 3.25. The van der Waals surface area contributed by atoms with E-state index in [1.54, 1.807) is 18.4 Å². The van der Waals surface area contributed by atoms with E-state index in [2.05, 4.69) is 0 Å². The van der Waals surface area contributed by atoms with Crippen molar-refractivity contribution in [1.82, 2.24) is 4.98 Å². The number of hydrogen-bond donors (Lipinski definition) is 1. The van der Waals surface area contributed by atoms with Crippen LogP contribution in [0, 0.1) is 0 Å². The van der Waals surface area contributed by atoms with Gasteiger partial charge >= 0.3 is 0 Å². The van der Waals surface area contributed by atoms with E-state index in [1.807, 2.05) is 31.2 Å². The Labute approximate surface area is 128 Å². The van der Waals surface area contributed by atoms with Crippen LogP contribution in [0.15, 0.2) is 24.3 Å². The summed E-state index contributed by atoms with van der Waals surface area (Å²) in [6.07, 6.45) is 2.46. The van der Waals surface area contributed by atoms with Gasteiger partial charge in [0, 0.05) is 16.8 Å². The van der Waals surface area contributed by atoms with Crippen molar-refractivity contribution in [3.63, 3.8) is 0 Å². The van der Waals surface area contributed by atoms with E-state index < -0.39 is 0 Å². The van der Waals surface area contributed by atoms with Gasteiger partial charge in [-0.3, -0.25) is 0 Å². The van der Waals surface area contributed by atoms with Crippen molar-refractivity contribution in [2.24, 2.45) is 5.73 Å². The van der Waals surface area contributed by atoms with Gasteiger partial charge in [-0.05, 0) is 31.9 Å². The molecule has 1 aromatic carbocycles. The van der Waals surface area contributed by atoms with Crippen molar-refractivity contribution in [3.05, 3.63) is 39.8 Å². The molecule has 1 aromatic heterocycles. The van der Waals surface area contributed by atoms with Gasteiger partial charge < -0.3 is 15.2 Å². The zero-order chi connectivity index (χ0) is 14.8. The molecule has 1 aliphatic rings. The molecule has 1 heterocycles. The summed E-state index contributed by atoms with van der Waals surface area (Å²) in [5.41, 5.74) is 7.24. The van der Waals surface area contributed by atoms with Gasteiger partial charge in [-0.25, -0.2) is 4.98 Å². The van der Waals surface area contributed by atoms with Crippen LogP contribution in [-0.4, -0.2) is 12.1 Å². The number of aromatic nitrogens is 1. The SMILES string of the molecule is COc1ccccc1OCc1nc(C2CC2)c(C(C)N)s1. The number of nitrogens with zero attached hydrogens (tertiary/aromatic N) is 1. The zero-order valence-electron chi connectivity index (χ0n) is 12.3. The minimum absolute atomic E-state index is 0.0399. The van der Waals surface area contributed by atoms with Crippen molar-refractivity contribution < 1.29 is 9.47 Å². The number of benzene rings is 1. The molecule has 0 saturated heterocycles. The smallest absolute Gasteiger partial charge is 0.161 e. The summed E-state index contributed by atoms with van der Waals surface area (Å²) in [6, 6.07) is 7.69. The Morgan fingerprint density at radius 1 is 1.33 bits per heavy atom. The first-order valence-corrected chi connectivity index (χ1v) is 8.01. The van der Waals surface area contributed by atoms with Crippen LogP contribution in [0.1, 0.15) is 47.3 Å². The van der Waals surface area contributed by atoms with E-state index in [4.69, 9.17) is 20.2 Å². The van der Waals surface area contributed by atoms with Crippen LogP contribution in [-0.2, 0) is 6.61 Å². The van der Waals surface area contributed by atoms with Crippen molar-refractivity contribution in [3.8, 4) is 11.5 Å². The molecule has 4 nitrogen and oxygen atoms in total. The summed E-state index contributed by atoms with van der Waals surface area (Å²) in [4.78, 5) is 5.94. The summed E-state index contributed by atoms with van der Waals surface area (Å²) < 4.78 is 11.1. The summed E-state index contributed by atoms with van der Waals surface area (Å²) in [5.74, 6) is 2.09. The molecule has 0 spiro atoms. The van der Waals surface area contributed by atoms with Crippen LogP contribution < -0.4 is 15.2 Å². The zero-order valence-corrected chi connectivity index (χ0v) is 13.2. The predicted octanol–water partition coefficient (Wildman–Crippen LogP) is 3.63. The Morgan fingerprint density at radius 2 is 2.05 bits per heavy atom. The Morgan fingerprint density at radius 3 is 2.67 bits per heavy atom. The van der Waals surface area contributed by atoms with Gasteiger partial charge in [-0.2, -0.15) is 0 Å². The van der Waals surface area contributed by atoms with Crippen molar-refractivity contribution in [1.29, 1.82) is 0 Å². The van der Waals surface area contributed by atoms with E-state index in [0.29, 0.717) is 12.5 Å². The molecule has 3 rings (SSSR count). The number of thiazole rings is 1. The molecular weight excluding hydrogens is 284 g/mol. The molecule has 0 aliphatic heterocycles. The van der Waals surface area contributed by atoms with Crippen LogP contribution in [0.3, 0.4) is 0 Å². The number of methoxy groups -OCH3 is 1. The first-order chi connectivity index (χ1) is 10.2. The maximum Gasteiger partial charge on any atom is 0.161 e. The summed E-state index contributed by atoms with van der Waals surface area (Å²) in [7, 11) is 1.64. The fourth-order valence-corrected chi connectivity index (χ4v) is 3.32. The number of para-hydroxylation sites is 2. The van der Waals surface area contributed by atoms with Crippen molar-refractivity contribution in [2.45, 2.75) is 38.3 Å². The van der Waals surface area contributed by atoms with Gasteiger partial charge in [0.15, 0.2) is 11.5 Å². The third kappa shape index (κ3) is 3.19. The molecule has 2 aromatic rings. The predicted molar refractivity (Wildman–Crippen MR) is 84.0 cm³/mol. The molecule has 2 N–H and O–H groups in total. The third-order valence-electron chi connectivity index (χ3n) is 3.52. The first-order valence-electron chi connectivity index (χ1n) is 7.20. The Bertz CT molecular complexity index is 601. The minimum atomic E-state index is 0.0399. The largest absolute Gasteiger partial charge is 0.493 e. The molecule has 0 bridgehead atoms.